The van der Waals surface area contributed by atoms with Crippen LogP contribution in [0.2, 0.25) is 36.3 Å². The van der Waals surface area contributed by atoms with E-state index in [-0.39, 0.29) is 10.1 Å². The van der Waals surface area contributed by atoms with Gasteiger partial charge < -0.3 is 8.85 Å². The lowest BCUT2D eigenvalue weighted by Gasteiger charge is -2.39. The smallest absolute Gasteiger partial charge is 0.250 e. The minimum absolute atomic E-state index is 0.0872. The molecule has 5 heteroatoms. The summed E-state index contributed by atoms with van der Waals surface area (Å²) in [6, 6.07) is 7.72. The summed E-state index contributed by atoms with van der Waals surface area (Å²) in [6.45, 7) is 22.2. The molecule has 0 amide bonds. The van der Waals surface area contributed by atoms with Gasteiger partial charge in [-0.3, -0.25) is 0 Å². The van der Waals surface area contributed by atoms with E-state index in [4.69, 9.17) is 8.85 Å². The molecule has 0 aliphatic rings. The fourth-order valence-electron chi connectivity index (χ4n) is 1.60. The standard InChI is InChI=1S/C19H33NO2Si2/c1-18(2,3)23(7,8)21-16-12-11-15(14-20)13-17(16)22-24(9,10)19(4,5)6/h11-13H,1-10H3. The van der Waals surface area contributed by atoms with Crippen LogP contribution >= 0.6 is 0 Å². The molecule has 3 nitrogen and oxygen atoms in total. The fraction of sp³-hybridized carbons (Fsp3) is 0.632. The summed E-state index contributed by atoms with van der Waals surface area (Å²) in [5.41, 5.74) is 0.603. The first kappa shape index (κ1) is 20.8. The van der Waals surface area contributed by atoms with Gasteiger partial charge >= 0.3 is 0 Å². The molecular weight excluding hydrogens is 330 g/mol. The van der Waals surface area contributed by atoms with Crippen LogP contribution in [0, 0.1) is 11.3 Å². The Labute approximate surface area is 150 Å². The van der Waals surface area contributed by atoms with Gasteiger partial charge in [0, 0.05) is 6.07 Å². The molecule has 1 aromatic carbocycles. The normalized spacial score (nSPS) is 13.4. The zero-order valence-electron chi connectivity index (χ0n) is 17.0. The molecule has 0 atom stereocenters. The summed E-state index contributed by atoms with van der Waals surface area (Å²) in [5, 5.41) is 9.44. The van der Waals surface area contributed by atoms with Crippen LogP contribution in [0.25, 0.3) is 0 Å². The van der Waals surface area contributed by atoms with Crippen LogP contribution in [0.4, 0.5) is 0 Å². The lowest BCUT2D eigenvalue weighted by atomic mass is 10.2. The van der Waals surface area contributed by atoms with Gasteiger partial charge in [-0.2, -0.15) is 5.26 Å². The van der Waals surface area contributed by atoms with Gasteiger partial charge in [0.1, 0.15) is 11.5 Å². The number of rotatable bonds is 4. The van der Waals surface area contributed by atoms with Crippen molar-refractivity contribution >= 4 is 16.6 Å². The third-order valence-electron chi connectivity index (χ3n) is 5.42. The first-order chi connectivity index (χ1) is 10.6. The van der Waals surface area contributed by atoms with Crippen molar-refractivity contribution < 1.29 is 8.85 Å². The van der Waals surface area contributed by atoms with Gasteiger partial charge in [-0.25, -0.2) is 0 Å². The Morgan fingerprint density at radius 1 is 0.792 bits per heavy atom. The summed E-state index contributed by atoms with van der Waals surface area (Å²) in [4.78, 5) is 0. The van der Waals surface area contributed by atoms with Crippen LogP contribution in [0.5, 0.6) is 11.5 Å². The molecular formula is C19H33NO2Si2. The highest BCUT2D eigenvalue weighted by Gasteiger charge is 2.42. The Hall–Kier alpha value is -1.26. The second kappa shape index (κ2) is 6.57. The predicted octanol–water partition coefficient (Wildman–Crippen LogP) is 6.33. The SMILES string of the molecule is CC(C)(C)[Si](C)(C)Oc1ccc(C#N)cc1O[Si](C)(C)C(C)(C)C. The molecule has 0 aromatic heterocycles. The van der Waals surface area contributed by atoms with E-state index in [0.717, 1.165) is 5.75 Å². The third-order valence-corrected chi connectivity index (χ3v) is 14.1. The molecule has 134 valence electrons. The van der Waals surface area contributed by atoms with E-state index in [1.165, 1.54) is 0 Å². The molecule has 0 saturated carbocycles. The summed E-state index contributed by atoms with van der Waals surface area (Å²) in [6.07, 6.45) is 0. The van der Waals surface area contributed by atoms with Crippen molar-refractivity contribution in [2.75, 3.05) is 0 Å². The van der Waals surface area contributed by atoms with Crippen molar-refractivity contribution in [3.8, 4) is 17.6 Å². The van der Waals surface area contributed by atoms with E-state index >= 15 is 0 Å². The van der Waals surface area contributed by atoms with E-state index in [1.807, 2.05) is 12.1 Å². The second-order valence-electron chi connectivity index (χ2n) is 9.50. The minimum Gasteiger partial charge on any atom is -0.541 e. The molecule has 1 rings (SSSR count). The minimum atomic E-state index is -2.01. The van der Waals surface area contributed by atoms with Crippen molar-refractivity contribution in [2.24, 2.45) is 0 Å². The maximum atomic E-state index is 9.25. The van der Waals surface area contributed by atoms with E-state index in [0.29, 0.717) is 11.3 Å². The monoisotopic (exact) mass is 363 g/mol. The first-order valence-electron chi connectivity index (χ1n) is 8.53. The summed E-state index contributed by atoms with van der Waals surface area (Å²) in [5.74, 6) is 1.48. The Bertz CT molecular complexity index is 632. The van der Waals surface area contributed by atoms with Crippen LogP contribution in [-0.2, 0) is 0 Å². The van der Waals surface area contributed by atoms with Crippen molar-refractivity contribution in [1.82, 2.24) is 0 Å². The summed E-state index contributed by atoms with van der Waals surface area (Å²) in [7, 11) is -3.98. The summed E-state index contributed by atoms with van der Waals surface area (Å²) >= 11 is 0. The maximum absolute atomic E-state index is 9.25. The average Bonchev–Trinajstić information content (AvgIpc) is 2.37. The molecule has 0 saturated heterocycles. The summed E-state index contributed by atoms with van der Waals surface area (Å²) < 4.78 is 13.0. The van der Waals surface area contributed by atoms with Crippen LogP contribution in [0.3, 0.4) is 0 Å². The van der Waals surface area contributed by atoms with Gasteiger partial charge in [0.25, 0.3) is 16.6 Å². The molecule has 0 bridgehead atoms. The van der Waals surface area contributed by atoms with Gasteiger partial charge in [0.15, 0.2) is 0 Å². The van der Waals surface area contributed by atoms with E-state index in [2.05, 4.69) is 73.8 Å². The number of hydrogen-bond acceptors (Lipinski definition) is 3. The van der Waals surface area contributed by atoms with Gasteiger partial charge in [0.2, 0.25) is 0 Å². The zero-order chi connectivity index (χ0) is 19.0. The quantitative estimate of drug-likeness (QED) is 0.587. The van der Waals surface area contributed by atoms with E-state index in [9.17, 15) is 5.26 Å². The lowest BCUT2D eigenvalue weighted by molar-refractivity contribution is 0.440. The molecule has 0 heterocycles. The van der Waals surface area contributed by atoms with E-state index < -0.39 is 16.6 Å². The van der Waals surface area contributed by atoms with Gasteiger partial charge in [-0.1, -0.05) is 41.5 Å². The van der Waals surface area contributed by atoms with Crippen LogP contribution in [0.1, 0.15) is 47.1 Å². The number of hydrogen-bond donors (Lipinski definition) is 0. The van der Waals surface area contributed by atoms with Gasteiger partial charge in [-0.05, 0) is 48.4 Å². The molecule has 24 heavy (non-hydrogen) atoms. The highest BCUT2D eigenvalue weighted by atomic mass is 28.4. The van der Waals surface area contributed by atoms with Gasteiger partial charge in [-0.15, -0.1) is 0 Å². The lowest BCUT2D eigenvalue weighted by Crippen LogP contribution is -2.45. The predicted molar refractivity (Wildman–Crippen MR) is 107 cm³/mol. The first-order valence-corrected chi connectivity index (χ1v) is 14.3. The van der Waals surface area contributed by atoms with Crippen molar-refractivity contribution in [3.63, 3.8) is 0 Å². The molecule has 0 aliphatic heterocycles. The highest BCUT2D eigenvalue weighted by molar-refractivity contribution is 6.75. The molecule has 0 fully saturated rings. The van der Waals surface area contributed by atoms with Gasteiger partial charge in [0.05, 0.1) is 11.6 Å². The topological polar surface area (TPSA) is 42.2 Å². The van der Waals surface area contributed by atoms with Crippen LogP contribution in [0.15, 0.2) is 18.2 Å². The third kappa shape index (κ3) is 4.64. The molecule has 0 aliphatic carbocycles. The average molecular weight is 364 g/mol. The Morgan fingerprint density at radius 3 is 1.58 bits per heavy atom. The molecule has 0 radical (unpaired) electrons. The van der Waals surface area contributed by atoms with E-state index in [1.54, 1.807) is 6.07 Å². The number of nitrogens with zero attached hydrogens (tertiary/aromatic N) is 1. The molecule has 1 aromatic rings. The Balaban J connectivity index is 3.31. The number of nitriles is 1. The molecule has 0 N–H and O–H groups in total. The highest BCUT2D eigenvalue weighted by Crippen LogP contribution is 2.43. The molecule has 0 unspecified atom stereocenters. The largest absolute Gasteiger partial charge is 0.541 e. The number of benzene rings is 1. The van der Waals surface area contributed by atoms with Crippen LogP contribution < -0.4 is 8.85 Å². The zero-order valence-corrected chi connectivity index (χ0v) is 19.0. The van der Waals surface area contributed by atoms with Crippen molar-refractivity contribution in [1.29, 1.82) is 5.26 Å². The molecule has 0 spiro atoms. The Morgan fingerprint density at radius 2 is 1.21 bits per heavy atom. The van der Waals surface area contributed by atoms with Crippen molar-refractivity contribution in [3.05, 3.63) is 23.8 Å². The van der Waals surface area contributed by atoms with Crippen molar-refractivity contribution in [2.45, 2.75) is 77.8 Å². The van der Waals surface area contributed by atoms with Crippen LogP contribution in [-0.4, -0.2) is 16.6 Å². The fourth-order valence-corrected chi connectivity index (χ4v) is 3.64. The maximum Gasteiger partial charge on any atom is 0.250 e. The Kier molecular flexibility index (Phi) is 5.69. The second-order valence-corrected chi connectivity index (χ2v) is 18.9.